The lowest BCUT2D eigenvalue weighted by Crippen LogP contribution is -2.49. The molecule has 2 atom stereocenters. The summed E-state index contributed by atoms with van der Waals surface area (Å²) in [6.07, 6.45) is -1.69. The van der Waals surface area contributed by atoms with E-state index in [4.69, 9.17) is 14.2 Å². The Bertz CT molecular complexity index is 1360. The van der Waals surface area contributed by atoms with Crippen LogP contribution < -0.4 is 20.7 Å². The van der Waals surface area contributed by atoms with Gasteiger partial charge in [-0.3, -0.25) is 19.2 Å². The molecule has 2 aromatic carbocycles. The number of benzene rings is 2. The van der Waals surface area contributed by atoms with Gasteiger partial charge in [0.2, 0.25) is 0 Å². The number of carbonyl (C=O) groups is 3. The highest BCUT2D eigenvalue weighted by atomic mass is 16.6. The lowest BCUT2D eigenvalue weighted by atomic mass is 10.0. The van der Waals surface area contributed by atoms with E-state index in [2.05, 4.69) is 20.0 Å². The van der Waals surface area contributed by atoms with Crippen molar-refractivity contribution in [2.24, 2.45) is 0 Å². The van der Waals surface area contributed by atoms with Crippen molar-refractivity contribution >= 4 is 23.7 Å². The molecule has 2 amide bonds. The van der Waals surface area contributed by atoms with Gasteiger partial charge in [0.15, 0.2) is 11.9 Å². The van der Waals surface area contributed by atoms with Crippen LogP contribution in [0.4, 0.5) is 10.5 Å². The quantitative estimate of drug-likeness (QED) is 0.423. The number of hydrogen-bond donors (Lipinski definition) is 2. The van der Waals surface area contributed by atoms with Gasteiger partial charge in [-0.25, -0.2) is 14.4 Å². The van der Waals surface area contributed by atoms with Gasteiger partial charge in [0.25, 0.3) is 5.91 Å². The van der Waals surface area contributed by atoms with Gasteiger partial charge in [0.05, 0.1) is 13.7 Å². The summed E-state index contributed by atoms with van der Waals surface area (Å²) in [6.45, 7) is 5.15. The van der Waals surface area contributed by atoms with Crippen LogP contribution in [-0.4, -0.2) is 59.5 Å². The van der Waals surface area contributed by atoms with Crippen molar-refractivity contribution in [1.82, 2.24) is 15.5 Å². The fourth-order valence-corrected chi connectivity index (χ4v) is 3.79. The third kappa shape index (κ3) is 6.38. The Hall–Kier alpha value is -4.61. The fourth-order valence-electron chi connectivity index (χ4n) is 3.79. The zero-order valence-electron chi connectivity index (χ0n) is 21.3. The second-order valence-corrected chi connectivity index (χ2v) is 9.62. The maximum Gasteiger partial charge on any atom is 0.439 e. The van der Waals surface area contributed by atoms with Crippen LogP contribution >= 0.6 is 0 Å². The molecule has 2 heterocycles. The number of nitrogens with zero attached hydrogens (tertiary/aromatic N) is 2. The Labute approximate surface area is 217 Å². The van der Waals surface area contributed by atoms with Gasteiger partial charge in [0, 0.05) is 17.7 Å². The number of H-pyrrole nitrogens is 1. The summed E-state index contributed by atoms with van der Waals surface area (Å²) in [5.41, 5.74) is 1.06. The first-order valence-corrected chi connectivity index (χ1v) is 11.8. The van der Waals surface area contributed by atoms with Crippen LogP contribution in [0.15, 0.2) is 57.8 Å². The number of rotatable bonds is 8. The predicted molar refractivity (Wildman–Crippen MR) is 135 cm³/mol. The average molecular weight is 525 g/mol. The van der Waals surface area contributed by atoms with Crippen molar-refractivity contribution in [3.63, 3.8) is 0 Å². The lowest BCUT2D eigenvalue weighted by Gasteiger charge is -2.25. The van der Waals surface area contributed by atoms with Crippen molar-refractivity contribution < 1.29 is 33.1 Å². The zero-order chi connectivity index (χ0) is 27.4. The van der Waals surface area contributed by atoms with Gasteiger partial charge in [-0.2, -0.15) is 0 Å². The summed E-state index contributed by atoms with van der Waals surface area (Å²) < 4.78 is 20.5. The number of carbonyl (C=O) groups excluding carboxylic acids is 3. The molecule has 2 N–H and O–H groups in total. The summed E-state index contributed by atoms with van der Waals surface area (Å²) in [4.78, 5) is 53.5. The molecule has 0 saturated carbocycles. The molecule has 1 saturated heterocycles. The van der Waals surface area contributed by atoms with Crippen LogP contribution in [0.3, 0.4) is 0 Å². The van der Waals surface area contributed by atoms with Gasteiger partial charge in [-0.1, -0.05) is 17.3 Å². The smallest absolute Gasteiger partial charge is 0.439 e. The van der Waals surface area contributed by atoms with Crippen molar-refractivity contribution in [1.29, 1.82) is 0 Å². The molecule has 1 aromatic heterocycles. The highest BCUT2D eigenvalue weighted by Crippen LogP contribution is 2.25. The largest absolute Gasteiger partial charge is 0.497 e. The summed E-state index contributed by atoms with van der Waals surface area (Å²) in [5, 5.41) is 6.30. The molecule has 38 heavy (non-hydrogen) atoms. The van der Waals surface area contributed by atoms with E-state index in [0.717, 1.165) is 5.56 Å². The molecule has 12 nitrogen and oxygen atoms in total. The van der Waals surface area contributed by atoms with E-state index >= 15 is 0 Å². The van der Waals surface area contributed by atoms with E-state index in [9.17, 15) is 19.2 Å². The minimum absolute atomic E-state index is 0.0611. The first kappa shape index (κ1) is 26.5. The van der Waals surface area contributed by atoms with Crippen molar-refractivity contribution in [2.45, 2.75) is 44.9 Å². The predicted octanol–water partition coefficient (Wildman–Crippen LogP) is 2.43. The number of aromatic amines is 1. The van der Waals surface area contributed by atoms with Crippen molar-refractivity contribution in [2.75, 3.05) is 18.6 Å². The van der Waals surface area contributed by atoms with Crippen LogP contribution in [-0.2, 0) is 25.5 Å². The summed E-state index contributed by atoms with van der Waals surface area (Å²) in [6, 6.07) is 12.6. The van der Waals surface area contributed by atoms with E-state index in [1.165, 1.54) is 4.90 Å². The molecule has 1 fully saturated rings. The molecule has 0 bridgehead atoms. The van der Waals surface area contributed by atoms with Gasteiger partial charge in [-0.15, -0.1) is 0 Å². The lowest BCUT2D eigenvalue weighted by molar-refractivity contribution is -0.159. The van der Waals surface area contributed by atoms with Crippen molar-refractivity contribution in [3.8, 4) is 17.1 Å². The monoisotopic (exact) mass is 524 g/mol. The summed E-state index contributed by atoms with van der Waals surface area (Å²) in [7, 11) is 1.55. The van der Waals surface area contributed by atoms with E-state index in [1.807, 2.05) is 0 Å². The minimum Gasteiger partial charge on any atom is -0.497 e. The molecule has 0 radical (unpaired) electrons. The molecule has 3 aromatic rings. The molecule has 0 aliphatic carbocycles. The zero-order valence-corrected chi connectivity index (χ0v) is 21.3. The number of cyclic esters (lactones) is 1. The molecular weight excluding hydrogens is 496 g/mol. The second kappa shape index (κ2) is 10.8. The standard InChI is InChI=1S/C26H28N4O8/c1-26(2,3)37-23(32)19(13-15-5-11-18(35-4)12-6-15)27-22(31)20-14-30(25(34)36-20)17-9-7-16(8-10-17)21-28-24(33)38-29-21/h5-12,19-20H,13-14H2,1-4H3,(H,27,31)(H,28,29,33)/t19-,20?/m1/s1. The Balaban J connectivity index is 1.45. The number of ether oxygens (including phenoxy) is 3. The number of esters is 1. The minimum atomic E-state index is -1.14. The van der Waals surface area contributed by atoms with Crippen molar-refractivity contribution in [3.05, 3.63) is 64.6 Å². The third-order valence-electron chi connectivity index (χ3n) is 5.60. The van der Waals surface area contributed by atoms with E-state index in [1.54, 1.807) is 76.4 Å². The van der Waals surface area contributed by atoms with Gasteiger partial charge >= 0.3 is 17.8 Å². The molecule has 1 aliphatic heterocycles. The average Bonchev–Trinajstić information content (AvgIpc) is 3.48. The Morgan fingerprint density at radius 3 is 2.39 bits per heavy atom. The number of amides is 2. The first-order valence-electron chi connectivity index (χ1n) is 11.8. The highest BCUT2D eigenvalue weighted by molar-refractivity contribution is 5.96. The molecular formula is C26H28N4O8. The van der Waals surface area contributed by atoms with E-state index in [-0.39, 0.29) is 18.8 Å². The highest BCUT2D eigenvalue weighted by Gasteiger charge is 2.39. The second-order valence-electron chi connectivity index (χ2n) is 9.62. The maximum absolute atomic E-state index is 13.1. The Kier molecular flexibility index (Phi) is 7.51. The fraction of sp³-hybridized carbons (Fsp3) is 0.346. The van der Waals surface area contributed by atoms with Crippen LogP contribution in [0.2, 0.25) is 0 Å². The number of anilines is 1. The van der Waals surface area contributed by atoms with Gasteiger partial charge in [0.1, 0.15) is 17.4 Å². The molecule has 1 unspecified atom stereocenters. The Morgan fingerprint density at radius 2 is 1.82 bits per heavy atom. The van der Waals surface area contributed by atoms with Crippen LogP contribution in [0.5, 0.6) is 5.75 Å². The maximum atomic E-state index is 13.1. The molecule has 4 rings (SSSR count). The molecule has 200 valence electrons. The van der Waals surface area contributed by atoms with E-state index in [0.29, 0.717) is 17.0 Å². The number of nitrogens with one attached hydrogen (secondary N) is 2. The normalized spacial score (nSPS) is 16.1. The summed E-state index contributed by atoms with van der Waals surface area (Å²) >= 11 is 0. The van der Waals surface area contributed by atoms with Gasteiger partial charge in [-0.05, 0) is 62.7 Å². The van der Waals surface area contributed by atoms with Crippen LogP contribution in [0.1, 0.15) is 26.3 Å². The van der Waals surface area contributed by atoms with E-state index < -0.39 is 41.5 Å². The molecule has 12 heteroatoms. The number of aromatic nitrogens is 2. The number of hydrogen-bond acceptors (Lipinski definition) is 9. The van der Waals surface area contributed by atoms with Crippen LogP contribution in [0.25, 0.3) is 11.4 Å². The Morgan fingerprint density at radius 1 is 1.13 bits per heavy atom. The molecule has 0 spiro atoms. The topological polar surface area (TPSA) is 153 Å². The van der Waals surface area contributed by atoms with Gasteiger partial charge < -0.3 is 19.5 Å². The third-order valence-corrected chi connectivity index (χ3v) is 5.60. The molecule has 1 aliphatic rings. The number of methoxy groups -OCH3 is 1. The summed E-state index contributed by atoms with van der Waals surface area (Å²) in [5.74, 6) is -1.01. The van der Waals surface area contributed by atoms with Crippen LogP contribution in [0, 0.1) is 0 Å². The SMILES string of the molecule is COc1ccc(C[C@@H](NC(=O)C2CN(c3ccc(-c4noc(=O)[nH]4)cc3)C(=O)O2)C(=O)OC(C)(C)C)cc1. The first-order chi connectivity index (χ1) is 18.0.